The largest absolute Gasteiger partial charge is 0.490 e. The predicted molar refractivity (Wildman–Crippen MR) is 89.0 cm³/mol. The molecule has 3 heterocycles. The lowest BCUT2D eigenvalue weighted by molar-refractivity contribution is 0.0524. The van der Waals surface area contributed by atoms with Crippen molar-refractivity contribution in [3.63, 3.8) is 0 Å². The summed E-state index contributed by atoms with van der Waals surface area (Å²) in [5.74, 6) is -0.148. The van der Waals surface area contributed by atoms with E-state index in [4.69, 9.17) is 9.47 Å². The Morgan fingerprint density at radius 2 is 2.32 bits per heavy atom. The molecule has 0 spiro atoms. The van der Waals surface area contributed by atoms with Crippen molar-refractivity contribution >= 4 is 29.6 Å². The molecular formula is C15H16BN3O6. The Morgan fingerprint density at radius 1 is 1.52 bits per heavy atom. The van der Waals surface area contributed by atoms with Gasteiger partial charge in [0, 0.05) is 24.1 Å². The molecule has 0 unspecified atom stereocenters. The number of hydrogen-bond donors (Lipinski definition) is 3. The van der Waals surface area contributed by atoms with E-state index in [-0.39, 0.29) is 29.6 Å². The monoisotopic (exact) mass is 345 g/mol. The van der Waals surface area contributed by atoms with Gasteiger partial charge in [-0.3, -0.25) is 4.79 Å². The van der Waals surface area contributed by atoms with Gasteiger partial charge in [-0.15, -0.1) is 0 Å². The Morgan fingerprint density at radius 3 is 2.96 bits per heavy atom. The van der Waals surface area contributed by atoms with Crippen LogP contribution >= 0.6 is 0 Å². The Kier molecular flexibility index (Phi) is 4.73. The highest BCUT2D eigenvalue weighted by Gasteiger charge is 2.21. The molecule has 3 N–H and O–H groups in total. The van der Waals surface area contributed by atoms with E-state index in [2.05, 4.69) is 10.3 Å². The van der Waals surface area contributed by atoms with Crippen LogP contribution in [0.2, 0.25) is 0 Å². The molecule has 0 amide bonds. The molecule has 0 fully saturated rings. The van der Waals surface area contributed by atoms with E-state index < -0.39 is 18.5 Å². The molecule has 0 bridgehead atoms. The summed E-state index contributed by atoms with van der Waals surface area (Å²) in [6, 6.07) is 1.30. The first-order valence-corrected chi connectivity index (χ1v) is 7.63. The fourth-order valence-electron chi connectivity index (χ4n) is 2.50. The first kappa shape index (κ1) is 17.0. The Balaban J connectivity index is 2.19. The Labute approximate surface area is 142 Å². The first-order chi connectivity index (χ1) is 12.0. The van der Waals surface area contributed by atoms with Gasteiger partial charge in [-0.1, -0.05) is 0 Å². The maximum atomic E-state index is 12.6. The minimum atomic E-state index is -1.78. The van der Waals surface area contributed by atoms with Crippen LogP contribution in [0.5, 0.6) is 0 Å². The fraction of sp³-hybridized carbons (Fsp3) is 0.267. The number of nitrogens with one attached hydrogen (secondary N) is 1. The highest BCUT2D eigenvalue weighted by atomic mass is 16.5. The van der Waals surface area contributed by atoms with Crippen LogP contribution in [-0.4, -0.2) is 46.0 Å². The summed E-state index contributed by atoms with van der Waals surface area (Å²) in [7, 11) is -1.78. The standard InChI is InChI=1S/C15H16BN3O6/c1-2-24-15(21)12-7-19(6-10-5-17-8-25-10)14-11(13(12)20)3-9(4-18-14)16(22)23/h3-5,7,17,22-23H,2,6,8H2,1H3. The predicted octanol–water partition coefficient (Wildman–Crippen LogP) is -1.33. The smallest absolute Gasteiger partial charge is 0.474 e. The fourth-order valence-corrected chi connectivity index (χ4v) is 2.50. The van der Waals surface area contributed by atoms with Gasteiger partial charge in [0.15, 0.2) is 6.73 Å². The maximum Gasteiger partial charge on any atom is 0.490 e. The van der Waals surface area contributed by atoms with Gasteiger partial charge >= 0.3 is 13.1 Å². The van der Waals surface area contributed by atoms with Gasteiger partial charge in [-0.05, 0) is 13.0 Å². The number of carbonyl (C=O) groups is 1. The van der Waals surface area contributed by atoms with Crippen LogP contribution in [0.15, 0.2) is 35.2 Å². The van der Waals surface area contributed by atoms with Crippen LogP contribution in [0.1, 0.15) is 17.3 Å². The van der Waals surface area contributed by atoms with Crippen molar-refractivity contribution in [1.82, 2.24) is 14.9 Å². The Hall–Kier alpha value is -2.85. The SMILES string of the molecule is CCOC(=O)c1cn(CC2=CNCO2)c2ncc(B(O)O)cc2c1=O. The van der Waals surface area contributed by atoms with Crippen LogP contribution in [0.3, 0.4) is 0 Å². The van der Waals surface area contributed by atoms with E-state index in [0.29, 0.717) is 18.1 Å². The third kappa shape index (κ3) is 3.35. The molecule has 25 heavy (non-hydrogen) atoms. The van der Waals surface area contributed by atoms with E-state index in [1.165, 1.54) is 18.5 Å². The lowest BCUT2D eigenvalue weighted by Gasteiger charge is -2.13. The molecule has 0 atom stereocenters. The van der Waals surface area contributed by atoms with Crippen LogP contribution < -0.4 is 16.2 Å². The van der Waals surface area contributed by atoms with E-state index >= 15 is 0 Å². The molecule has 10 heteroatoms. The molecule has 0 radical (unpaired) electrons. The third-order valence-corrected chi connectivity index (χ3v) is 3.66. The number of aromatic nitrogens is 2. The molecule has 9 nitrogen and oxygen atoms in total. The van der Waals surface area contributed by atoms with Gasteiger partial charge in [0.25, 0.3) is 0 Å². The molecular weight excluding hydrogens is 329 g/mol. The van der Waals surface area contributed by atoms with Crippen molar-refractivity contribution in [3.05, 3.63) is 46.2 Å². The zero-order chi connectivity index (χ0) is 18.0. The second kappa shape index (κ2) is 6.95. The molecule has 0 saturated carbocycles. The zero-order valence-electron chi connectivity index (χ0n) is 13.4. The number of fused-ring (bicyclic) bond motifs is 1. The summed E-state index contributed by atoms with van der Waals surface area (Å²) in [5.41, 5.74) is -0.402. The van der Waals surface area contributed by atoms with Crippen LogP contribution in [0.4, 0.5) is 0 Å². The van der Waals surface area contributed by atoms with E-state index in [1.807, 2.05) is 0 Å². The number of allylic oxidation sites excluding steroid dienone is 1. The lowest BCUT2D eigenvalue weighted by Crippen LogP contribution is -2.32. The first-order valence-electron chi connectivity index (χ1n) is 7.63. The van der Waals surface area contributed by atoms with Crippen molar-refractivity contribution in [2.24, 2.45) is 0 Å². The number of rotatable bonds is 5. The van der Waals surface area contributed by atoms with Crippen molar-refractivity contribution in [3.8, 4) is 0 Å². The quantitative estimate of drug-likeness (QED) is 0.450. The third-order valence-electron chi connectivity index (χ3n) is 3.66. The molecule has 0 aliphatic carbocycles. The molecule has 0 saturated heterocycles. The maximum absolute atomic E-state index is 12.6. The van der Waals surface area contributed by atoms with Gasteiger partial charge < -0.3 is 29.4 Å². The van der Waals surface area contributed by atoms with Crippen molar-refractivity contribution in [2.45, 2.75) is 13.5 Å². The van der Waals surface area contributed by atoms with E-state index in [0.717, 1.165) is 0 Å². The van der Waals surface area contributed by atoms with Gasteiger partial charge in [0.05, 0.1) is 18.5 Å². The van der Waals surface area contributed by atoms with E-state index in [9.17, 15) is 19.6 Å². The number of nitrogens with zero attached hydrogens (tertiary/aromatic N) is 2. The van der Waals surface area contributed by atoms with Crippen LogP contribution in [0.25, 0.3) is 11.0 Å². The van der Waals surface area contributed by atoms with Gasteiger partial charge in [-0.25, -0.2) is 9.78 Å². The summed E-state index contributed by atoms with van der Waals surface area (Å²) in [6.07, 6.45) is 4.31. The summed E-state index contributed by atoms with van der Waals surface area (Å²) in [6.45, 7) is 2.35. The number of pyridine rings is 2. The average Bonchev–Trinajstić information content (AvgIpc) is 3.10. The summed E-state index contributed by atoms with van der Waals surface area (Å²) >= 11 is 0. The molecule has 1 aliphatic rings. The highest BCUT2D eigenvalue weighted by Crippen LogP contribution is 2.13. The zero-order valence-corrected chi connectivity index (χ0v) is 13.4. The molecule has 2 aromatic rings. The second-order valence-electron chi connectivity index (χ2n) is 5.34. The molecule has 0 aromatic carbocycles. The normalized spacial score (nSPS) is 13.2. The Bertz CT molecular complexity index is 908. The van der Waals surface area contributed by atoms with Crippen molar-refractivity contribution < 1.29 is 24.3 Å². The minimum absolute atomic E-state index is 0.0511. The number of carbonyl (C=O) groups excluding carboxylic acids is 1. The summed E-state index contributed by atoms with van der Waals surface area (Å²) < 4.78 is 11.9. The van der Waals surface area contributed by atoms with Crippen LogP contribution in [0, 0.1) is 0 Å². The van der Waals surface area contributed by atoms with Crippen molar-refractivity contribution in [1.29, 1.82) is 0 Å². The highest BCUT2D eigenvalue weighted by molar-refractivity contribution is 6.58. The van der Waals surface area contributed by atoms with E-state index in [1.54, 1.807) is 17.7 Å². The van der Waals surface area contributed by atoms with Gasteiger partial charge in [-0.2, -0.15) is 0 Å². The number of hydrogen-bond acceptors (Lipinski definition) is 8. The number of esters is 1. The number of ether oxygens (including phenoxy) is 2. The van der Waals surface area contributed by atoms with Gasteiger partial charge in [0.2, 0.25) is 5.43 Å². The molecule has 1 aliphatic heterocycles. The lowest BCUT2D eigenvalue weighted by atomic mass is 9.81. The van der Waals surface area contributed by atoms with Crippen LogP contribution in [-0.2, 0) is 16.0 Å². The second-order valence-corrected chi connectivity index (χ2v) is 5.34. The van der Waals surface area contributed by atoms with Crippen molar-refractivity contribution in [2.75, 3.05) is 13.3 Å². The van der Waals surface area contributed by atoms with Gasteiger partial charge in [0.1, 0.15) is 17.0 Å². The average molecular weight is 345 g/mol. The molecule has 130 valence electrons. The minimum Gasteiger partial charge on any atom is -0.474 e. The summed E-state index contributed by atoms with van der Waals surface area (Å²) in [5, 5.41) is 21.6. The molecule has 2 aromatic heterocycles. The molecule has 3 rings (SSSR count). The topological polar surface area (TPSA) is 123 Å². The summed E-state index contributed by atoms with van der Waals surface area (Å²) in [4.78, 5) is 28.9.